The molecule has 0 aliphatic heterocycles. The van der Waals surface area contributed by atoms with Gasteiger partial charge in [-0.3, -0.25) is 9.79 Å². The molecule has 2 aromatic rings. The highest BCUT2D eigenvalue weighted by atomic mass is 16.1. The zero-order valence-electron chi connectivity index (χ0n) is 15.0. The van der Waals surface area contributed by atoms with Gasteiger partial charge >= 0.3 is 0 Å². The highest BCUT2D eigenvalue weighted by molar-refractivity contribution is 5.90. The summed E-state index contributed by atoms with van der Waals surface area (Å²) in [4.78, 5) is 20.4. The van der Waals surface area contributed by atoms with E-state index in [9.17, 15) is 4.79 Å². The zero-order valence-corrected chi connectivity index (χ0v) is 15.0. The number of aliphatic imine (C=N–C) groups is 1. The fourth-order valence-electron chi connectivity index (χ4n) is 2.32. The van der Waals surface area contributed by atoms with Crippen molar-refractivity contribution in [2.24, 2.45) is 4.99 Å². The Bertz CT molecular complexity index is 742. The van der Waals surface area contributed by atoms with Gasteiger partial charge in [-0.05, 0) is 37.1 Å². The molecule has 132 valence electrons. The van der Waals surface area contributed by atoms with E-state index in [4.69, 9.17) is 0 Å². The fourth-order valence-corrected chi connectivity index (χ4v) is 2.32. The molecule has 6 nitrogen and oxygen atoms in total. The Morgan fingerprint density at radius 3 is 2.60 bits per heavy atom. The van der Waals surface area contributed by atoms with Crippen molar-refractivity contribution < 1.29 is 4.79 Å². The summed E-state index contributed by atoms with van der Waals surface area (Å²) in [6.45, 7) is 5.15. The lowest BCUT2D eigenvalue weighted by Crippen LogP contribution is -2.38. The number of hydrogen-bond acceptors (Lipinski definition) is 3. The molecule has 2 rings (SSSR count). The number of nitrogens with one attached hydrogen (secondary N) is 3. The summed E-state index contributed by atoms with van der Waals surface area (Å²) in [6.07, 6.45) is 0.334. The van der Waals surface area contributed by atoms with Gasteiger partial charge in [0.2, 0.25) is 5.91 Å². The van der Waals surface area contributed by atoms with Crippen molar-refractivity contribution in [3.05, 3.63) is 59.3 Å². The first-order valence-electron chi connectivity index (χ1n) is 8.31. The first-order valence-corrected chi connectivity index (χ1v) is 8.31. The van der Waals surface area contributed by atoms with Gasteiger partial charge in [-0.25, -0.2) is 4.98 Å². The second kappa shape index (κ2) is 9.42. The Balaban J connectivity index is 1.73. The van der Waals surface area contributed by atoms with E-state index in [1.807, 2.05) is 31.2 Å². The molecule has 6 heteroatoms. The Morgan fingerprint density at radius 2 is 1.88 bits per heavy atom. The maximum Gasteiger partial charge on any atom is 0.227 e. The third-order valence-electron chi connectivity index (χ3n) is 3.73. The van der Waals surface area contributed by atoms with Crippen molar-refractivity contribution >= 4 is 17.7 Å². The van der Waals surface area contributed by atoms with Crippen LogP contribution >= 0.6 is 0 Å². The molecule has 1 aromatic carbocycles. The second-order valence-electron chi connectivity index (χ2n) is 5.74. The Labute approximate surface area is 148 Å². The summed E-state index contributed by atoms with van der Waals surface area (Å²) in [7, 11) is 1.71. The second-order valence-corrected chi connectivity index (χ2v) is 5.74. The summed E-state index contributed by atoms with van der Waals surface area (Å²) in [5, 5.41) is 9.19. The quantitative estimate of drug-likeness (QED) is 0.558. The monoisotopic (exact) mass is 339 g/mol. The number of pyridine rings is 1. The largest absolute Gasteiger partial charge is 0.356 e. The molecule has 0 saturated heterocycles. The highest BCUT2D eigenvalue weighted by Gasteiger charge is 2.05. The summed E-state index contributed by atoms with van der Waals surface area (Å²) in [5.74, 6) is 1.16. The Hall–Kier alpha value is -2.89. The fraction of sp³-hybridized carbons (Fsp3) is 0.316. The first-order chi connectivity index (χ1) is 12.1. The van der Waals surface area contributed by atoms with Gasteiger partial charge in [0.25, 0.3) is 0 Å². The summed E-state index contributed by atoms with van der Waals surface area (Å²) in [6, 6.07) is 13.7. The molecule has 0 unspecified atom stereocenters. The van der Waals surface area contributed by atoms with E-state index in [2.05, 4.69) is 45.0 Å². The van der Waals surface area contributed by atoms with Crippen molar-refractivity contribution in [1.29, 1.82) is 0 Å². The summed E-state index contributed by atoms with van der Waals surface area (Å²) >= 11 is 0. The van der Waals surface area contributed by atoms with E-state index < -0.39 is 0 Å². The normalized spacial score (nSPS) is 11.1. The van der Waals surface area contributed by atoms with Crippen LogP contribution in [0.4, 0.5) is 5.82 Å². The molecular weight excluding hydrogens is 314 g/mol. The molecule has 0 aliphatic rings. The lowest BCUT2D eigenvalue weighted by molar-refractivity contribution is -0.116. The molecule has 1 heterocycles. The average Bonchev–Trinajstić information content (AvgIpc) is 2.59. The minimum Gasteiger partial charge on any atom is -0.356 e. The van der Waals surface area contributed by atoms with Crippen LogP contribution in [0.2, 0.25) is 0 Å². The number of carbonyl (C=O) groups excluding carboxylic acids is 1. The minimum absolute atomic E-state index is 0.0834. The summed E-state index contributed by atoms with van der Waals surface area (Å²) in [5.41, 5.74) is 3.32. The third kappa shape index (κ3) is 6.25. The van der Waals surface area contributed by atoms with Crippen LogP contribution in [-0.4, -0.2) is 30.4 Å². The highest BCUT2D eigenvalue weighted by Crippen LogP contribution is 2.06. The van der Waals surface area contributed by atoms with E-state index in [0.717, 1.165) is 5.69 Å². The Kier molecular flexibility index (Phi) is 6.95. The molecule has 1 aromatic heterocycles. The van der Waals surface area contributed by atoms with Crippen molar-refractivity contribution in [3.63, 3.8) is 0 Å². The molecule has 0 aliphatic carbocycles. The molecule has 0 atom stereocenters. The molecule has 0 saturated carbocycles. The number of aromatic nitrogens is 1. The van der Waals surface area contributed by atoms with Gasteiger partial charge in [-0.15, -0.1) is 0 Å². The summed E-state index contributed by atoms with van der Waals surface area (Å²) < 4.78 is 0. The zero-order chi connectivity index (χ0) is 18.1. The minimum atomic E-state index is -0.0834. The van der Waals surface area contributed by atoms with E-state index in [1.165, 1.54) is 11.1 Å². The van der Waals surface area contributed by atoms with Crippen LogP contribution in [0.1, 0.15) is 23.2 Å². The van der Waals surface area contributed by atoms with Crippen LogP contribution in [0.5, 0.6) is 0 Å². The molecule has 0 bridgehead atoms. The van der Waals surface area contributed by atoms with E-state index in [-0.39, 0.29) is 5.91 Å². The molecular formula is C19H25N5O. The van der Waals surface area contributed by atoms with Crippen molar-refractivity contribution in [1.82, 2.24) is 15.6 Å². The molecule has 0 spiro atoms. The van der Waals surface area contributed by atoms with Crippen LogP contribution in [0.3, 0.4) is 0 Å². The van der Waals surface area contributed by atoms with Crippen LogP contribution in [0, 0.1) is 13.8 Å². The molecule has 0 fully saturated rings. The number of guanidine groups is 1. The molecule has 25 heavy (non-hydrogen) atoms. The van der Waals surface area contributed by atoms with E-state index in [0.29, 0.717) is 31.3 Å². The first kappa shape index (κ1) is 18.4. The number of carbonyl (C=O) groups is 1. The predicted molar refractivity (Wildman–Crippen MR) is 102 cm³/mol. The van der Waals surface area contributed by atoms with Crippen molar-refractivity contribution in [2.75, 3.05) is 18.9 Å². The van der Waals surface area contributed by atoms with Crippen LogP contribution in [0.15, 0.2) is 47.5 Å². The van der Waals surface area contributed by atoms with Crippen molar-refractivity contribution in [3.8, 4) is 0 Å². The van der Waals surface area contributed by atoms with Gasteiger partial charge in [-0.2, -0.15) is 0 Å². The number of amides is 1. The van der Waals surface area contributed by atoms with Gasteiger partial charge in [0.05, 0.1) is 0 Å². The number of benzene rings is 1. The van der Waals surface area contributed by atoms with Crippen LogP contribution in [0.25, 0.3) is 0 Å². The van der Waals surface area contributed by atoms with Gasteiger partial charge in [0, 0.05) is 32.3 Å². The third-order valence-corrected chi connectivity index (χ3v) is 3.73. The topological polar surface area (TPSA) is 78.4 Å². The lowest BCUT2D eigenvalue weighted by atomic mass is 10.1. The Morgan fingerprint density at radius 1 is 1.08 bits per heavy atom. The average molecular weight is 339 g/mol. The number of rotatable bonds is 6. The lowest BCUT2D eigenvalue weighted by Gasteiger charge is -2.13. The molecule has 1 amide bonds. The maximum absolute atomic E-state index is 12.0. The molecule has 0 radical (unpaired) electrons. The predicted octanol–water partition coefficient (Wildman–Crippen LogP) is 2.39. The van der Waals surface area contributed by atoms with E-state index >= 15 is 0 Å². The van der Waals surface area contributed by atoms with Gasteiger partial charge in [0.1, 0.15) is 5.82 Å². The van der Waals surface area contributed by atoms with Gasteiger partial charge in [0.15, 0.2) is 5.96 Å². The molecule has 3 N–H and O–H groups in total. The van der Waals surface area contributed by atoms with E-state index in [1.54, 1.807) is 13.1 Å². The number of aryl methyl sites for hydroxylation is 2. The maximum atomic E-state index is 12.0. The SMILES string of the molecule is CN=C(NCCC(=O)Nc1cccc(C)n1)NCc1ccccc1C. The van der Waals surface area contributed by atoms with Crippen LogP contribution in [-0.2, 0) is 11.3 Å². The number of nitrogens with zero attached hydrogens (tertiary/aromatic N) is 2. The standard InChI is InChI=1S/C19H25N5O/c1-14-7-4-5-9-16(14)13-22-19(20-3)21-12-11-18(25)24-17-10-6-8-15(2)23-17/h4-10H,11-13H2,1-3H3,(H2,20,21,22)(H,23,24,25). The van der Waals surface area contributed by atoms with Gasteiger partial charge < -0.3 is 16.0 Å². The van der Waals surface area contributed by atoms with Crippen molar-refractivity contribution in [2.45, 2.75) is 26.8 Å². The smallest absolute Gasteiger partial charge is 0.227 e. The van der Waals surface area contributed by atoms with Crippen LogP contribution < -0.4 is 16.0 Å². The number of anilines is 1. The van der Waals surface area contributed by atoms with Gasteiger partial charge in [-0.1, -0.05) is 30.3 Å². The number of hydrogen-bond donors (Lipinski definition) is 3.